The molecule has 0 bridgehead atoms. The highest BCUT2D eigenvalue weighted by Crippen LogP contribution is 2.48. The summed E-state index contributed by atoms with van der Waals surface area (Å²) in [5.41, 5.74) is 11.1. The third-order valence-electron chi connectivity index (χ3n) is 9.97. The van der Waals surface area contributed by atoms with Crippen LogP contribution >= 0.6 is 0 Å². The molecule has 2 heterocycles. The van der Waals surface area contributed by atoms with Crippen molar-refractivity contribution in [2.45, 2.75) is 6.92 Å². The first-order chi connectivity index (χ1) is 25.1. The van der Waals surface area contributed by atoms with Crippen LogP contribution in [0.4, 0.5) is 0 Å². The maximum Gasteiger partial charge on any atom is 0.102 e. The maximum atomic E-state index is 11.6. The summed E-state index contributed by atoms with van der Waals surface area (Å²) < 4.78 is 4.47. The van der Waals surface area contributed by atoms with Gasteiger partial charge in [0.2, 0.25) is 0 Å². The van der Waals surface area contributed by atoms with Crippen LogP contribution in [-0.2, 0) is 0 Å². The number of fused-ring (bicyclic) bond motifs is 6. The number of hydrogen-bond acceptors (Lipinski definition) is 3. The van der Waals surface area contributed by atoms with Gasteiger partial charge in [-0.1, -0.05) is 97.1 Å². The van der Waals surface area contributed by atoms with Crippen molar-refractivity contribution >= 4 is 43.6 Å². The van der Waals surface area contributed by atoms with Crippen LogP contribution in [0.25, 0.3) is 77.2 Å². The molecule has 2 aromatic heterocycles. The van der Waals surface area contributed by atoms with Crippen LogP contribution in [0.5, 0.6) is 0 Å². The molecule has 0 aliphatic heterocycles. The maximum absolute atomic E-state index is 11.6. The van der Waals surface area contributed by atoms with Gasteiger partial charge in [0.25, 0.3) is 0 Å². The van der Waals surface area contributed by atoms with Crippen molar-refractivity contribution in [1.82, 2.24) is 9.13 Å². The molecule has 7 aromatic carbocycles. The van der Waals surface area contributed by atoms with Crippen molar-refractivity contribution in [2.75, 3.05) is 0 Å². The summed E-state index contributed by atoms with van der Waals surface area (Å²) in [5.74, 6) is 0. The van der Waals surface area contributed by atoms with Crippen molar-refractivity contribution in [3.05, 3.63) is 168 Å². The highest BCUT2D eigenvalue weighted by atomic mass is 15.0. The minimum atomic E-state index is 0.469. The fraction of sp³-hybridized carbons (Fsp3) is 0.0217. The Morgan fingerprint density at radius 1 is 0.412 bits per heavy atom. The Labute approximate surface area is 294 Å². The van der Waals surface area contributed by atoms with E-state index >= 15 is 0 Å². The molecule has 236 valence electrons. The molecule has 0 saturated heterocycles. The Hall–Kier alpha value is -7.39. The van der Waals surface area contributed by atoms with E-state index < -0.39 is 0 Å². The number of aromatic nitrogens is 2. The molecule has 0 spiro atoms. The van der Waals surface area contributed by atoms with E-state index in [1.54, 1.807) is 12.1 Å². The average molecular weight is 650 g/mol. The molecule has 51 heavy (non-hydrogen) atoms. The fourth-order valence-electron chi connectivity index (χ4n) is 7.91. The Morgan fingerprint density at radius 3 is 1.22 bits per heavy atom. The van der Waals surface area contributed by atoms with E-state index in [2.05, 4.69) is 82.8 Å². The number of hydrogen-bond donors (Lipinski definition) is 0. The molecule has 9 rings (SSSR count). The van der Waals surface area contributed by atoms with Gasteiger partial charge in [-0.25, -0.2) is 0 Å². The monoisotopic (exact) mass is 649 g/mol. The van der Waals surface area contributed by atoms with Crippen molar-refractivity contribution < 1.29 is 0 Å². The number of nitrogens with zero attached hydrogens (tertiary/aromatic N) is 5. The van der Waals surface area contributed by atoms with Crippen molar-refractivity contribution in [2.24, 2.45) is 0 Å². The van der Waals surface area contributed by atoms with Gasteiger partial charge in [-0.05, 0) is 72.1 Å². The Morgan fingerprint density at radius 2 is 0.804 bits per heavy atom. The van der Waals surface area contributed by atoms with Gasteiger partial charge < -0.3 is 9.13 Å². The van der Waals surface area contributed by atoms with Crippen LogP contribution in [0.15, 0.2) is 146 Å². The SMILES string of the molecule is Cc1c(-c2cccc(C#N)c2)c(-n2c3ccccc3c3ccccc32)c(C#N)c(-c2cccc(C#N)c2)c1-n1c2ccccc2c2ccccc21. The molecular formula is C46H27N5. The quantitative estimate of drug-likeness (QED) is 0.190. The number of rotatable bonds is 4. The zero-order valence-electron chi connectivity index (χ0n) is 27.6. The molecule has 9 aromatic rings. The first-order valence-electron chi connectivity index (χ1n) is 16.7. The standard InChI is InChI=1S/C46H27N5/c1-29-43(32-14-10-12-30(24-32)26-47)46(51-41-22-8-4-18-36(41)37-19-5-9-23-42(37)51)38(28-49)44(33-15-11-13-31(25-33)27-48)45(29)50-39-20-6-2-16-34(39)35-17-3-7-21-40(35)50/h2-25H,1H3. The molecule has 0 saturated carbocycles. The van der Waals surface area contributed by atoms with Crippen molar-refractivity contribution in [3.8, 4) is 51.8 Å². The van der Waals surface area contributed by atoms with Crippen LogP contribution in [-0.4, -0.2) is 9.13 Å². The molecule has 0 radical (unpaired) electrons. The Balaban J connectivity index is 1.59. The normalized spacial score (nSPS) is 11.2. The minimum absolute atomic E-state index is 0.469. The summed E-state index contributed by atoms with van der Waals surface area (Å²) in [6, 6.07) is 55.8. The zero-order valence-corrected chi connectivity index (χ0v) is 27.6. The van der Waals surface area contributed by atoms with Crippen LogP contribution in [0.1, 0.15) is 22.3 Å². The van der Waals surface area contributed by atoms with Gasteiger partial charge in [0.1, 0.15) is 6.07 Å². The molecule has 0 atom stereocenters. The average Bonchev–Trinajstić information content (AvgIpc) is 3.70. The molecule has 5 heteroatoms. The summed E-state index contributed by atoms with van der Waals surface area (Å²) in [6.45, 7) is 2.11. The first-order valence-corrected chi connectivity index (χ1v) is 16.7. The Bertz CT molecular complexity index is 2920. The van der Waals surface area contributed by atoms with E-state index in [4.69, 9.17) is 0 Å². The molecule has 0 unspecified atom stereocenters. The third kappa shape index (κ3) is 4.38. The van der Waals surface area contributed by atoms with Gasteiger partial charge in [-0.15, -0.1) is 0 Å². The molecular weight excluding hydrogens is 623 g/mol. The Kier molecular flexibility index (Phi) is 6.78. The second kappa shape index (κ2) is 11.6. The summed E-state index contributed by atoms with van der Waals surface area (Å²) in [5, 5.41) is 36.0. The molecule has 0 fully saturated rings. The van der Waals surface area contributed by atoms with E-state index in [9.17, 15) is 15.8 Å². The lowest BCUT2D eigenvalue weighted by molar-refractivity contribution is 1.11. The van der Waals surface area contributed by atoms with Crippen LogP contribution < -0.4 is 0 Å². The van der Waals surface area contributed by atoms with Gasteiger partial charge in [0.05, 0.1) is 62.3 Å². The van der Waals surface area contributed by atoms with E-state index in [1.165, 1.54) is 0 Å². The molecule has 0 aliphatic rings. The van der Waals surface area contributed by atoms with Gasteiger partial charge in [0.15, 0.2) is 0 Å². The number of nitriles is 3. The van der Waals surface area contributed by atoms with Crippen LogP contribution in [0, 0.1) is 40.9 Å². The third-order valence-corrected chi connectivity index (χ3v) is 9.97. The lowest BCUT2D eigenvalue weighted by Crippen LogP contribution is -2.10. The predicted octanol–water partition coefficient (Wildman–Crippen LogP) is 11.1. The molecule has 0 N–H and O–H groups in total. The van der Waals surface area contributed by atoms with E-state index in [1.807, 2.05) is 84.9 Å². The smallest absolute Gasteiger partial charge is 0.102 e. The first kappa shape index (κ1) is 29.7. The van der Waals surface area contributed by atoms with Gasteiger partial charge in [0, 0.05) is 32.7 Å². The molecule has 5 nitrogen and oxygen atoms in total. The van der Waals surface area contributed by atoms with Crippen LogP contribution in [0.3, 0.4) is 0 Å². The van der Waals surface area contributed by atoms with Gasteiger partial charge in [-0.3, -0.25) is 0 Å². The fourth-order valence-corrected chi connectivity index (χ4v) is 7.91. The topological polar surface area (TPSA) is 81.2 Å². The van der Waals surface area contributed by atoms with E-state index in [-0.39, 0.29) is 0 Å². The summed E-state index contributed by atoms with van der Waals surface area (Å²) >= 11 is 0. The summed E-state index contributed by atoms with van der Waals surface area (Å²) in [4.78, 5) is 0. The second-order valence-electron chi connectivity index (χ2n) is 12.7. The largest absolute Gasteiger partial charge is 0.308 e. The minimum Gasteiger partial charge on any atom is -0.308 e. The molecule has 0 aliphatic carbocycles. The highest BCUT2D eigenvalue weighted by molar-refractivity contribution is 6.13. The van der Waals surface area contributed by atoms with Crippen molar-refractivity contribution in [3.63, 3.8) is 0 Å². The highest BCUT2D eigenvalue weighted by Gasteiger charge is 2.29. The van der Waals surface area contributed by atoms with Gasteiger partial charge in [-0.2, -0.15) is 15.8 Å². The lowest BCUT2D eigenvalue weighted by Gasteiger charge is -2.26. The summed E-state index contributed by atoms with van der Waals surface area (Å²) in [7, 11) is 0. The zero-order chi connectivity index (χ0) is 34.6. The number of para-hydroxylation sites is 4. The van der Waals surface area contributed by atoms with E-state index in [0.29, 0.717) is 16.7 Å². The lowest BCUT2D eigenvalue weighted by atomic mass is 9.86. The molecule has 0 amide bonds. The van der Waals surface area contributed by atoms with Crippen molar-refractivity contribution in [1.29, 1.82) is 15.8 Å². The second-order valence-corrected chi connectivity index (χ2v) is 12.7. The summed E-state index contributed by atoms with van der Waals surface area (Å²) in [6.07, 6.45) is 0. The number of benzene rings is 7. The van der Waals surface area contributed by atoms with Gasteiger partial charge >= 0.3 is 0 Å². The van der Waals surface area contributed by atoms with E-state index in [0.717, 1.165) is 82.8 Å². The van der Waals surface area contributed by atoms with Crippen LogP contribution in [0.2, 0.25) is 0 Å². The predicted molar refractivity (Wildman–Crippen MR) is 205 cm³/mol.